The molecule has 27 heavy (non-hydrogen) atoms. The molecule has 0 saturated heterocycles. The van der Waals surface area contributed by atoms with Crippen molar-refractivity contribution in [1.29, 1.82) is 0 Å². The maximum Gasteiger partial charge on any atom is 0.303 e. The van der Waals surface area contributed by atoms with Crippen molar-refractivity contribution >= 4 is 27.5 Å². The lowest BCUT2D eigenvalue weighted by atomic mass is 10.0. The topological polar surface area (TPSA) is 81.4 Å². The van der Waals surface area contributed by atoms with Gasteiger partial charge < -0.3 is 9.84 Å². The van der Waals surface area contributed by atoms with Gasteiger partial charge in [0.15, 0.2) is 0 Å². The second kappa shape index (κ2) is 7.92. The molecule has 2 aromatic heterocycles. The first-order valence-electron chi connectivity index (χ1n) is 8.85. The summed E-state index contributed by atoms with van der Waals surface area (Å²) in [6, 6.07) is 7.67. The molecule has 1 aromatic carbocycles. The maximum absolute atomic E-state index is 13.3. The van der Waals surface area contributed by atoms with E-state index in [0.717, 1.165) is 33.0 Å². The minimum Gasteiger partial charge on any atom is -0.497 e. The Morgan fingerprint density at radius 2 is 2.15 bits per heavy atom. The number of thiophene rings is 1. The van der Waals surface area contributed by atoms with E-state index in [1.54, 1.807) is 18.6 Å². The highest BCUT2D eigenvalue weighted by atomic mass is 32.1. The van der Waals surface area contributed by atoms with Gasteiger partial charge in [-0.15, -0.1) is 11.3 Å². The number of rotatable bonds is 7. The van der Waals surface area contributed by atoms with Gasteiger partial charge in [-0.05, 0) is 37.5 Å². The second-order valence-corrected chi connectivity index (χ2v) is 7.36. The predicted molar refractivity (Wildman–Crippen MR) is 107 cm³/mol. The van der Waals surface area contributed by atoms with E-state index in [2.05, 4.69) is 11.9 Å². The molecule has 3 rings (SSSR count). The van der Waals surface area contributed by atoms with Gasteiger partial charge in [-0.1, -0.05) is 19.1 Å². The van der Waals surface area contributed by atoms with Crippen LogP contribution in [0, 0.1) is 6.92 Å². The van der Waals surface area contributed by atoms with Gasteiger partial charge in [-0.25, -0.2) is 4.98 Å². The molecule has 0 amide bonds. The summed E-state index contributed by atoms with van der Waals surface area (Å²) < 4.78 is 6.92. The van der Waals surface area contributed by atoms with Crippen LogP contribution in [-0.2, 0) is 17.8 Å². The Morgan fingerprint density at radius 3 is 2.81 bits per heavy atom. The van der Waals surface area contributed by atoms with Gasteiger partial charge in [-0.3, -0.25) is 14.2 Å². The molecule has 2 heterocycles. The van der Waals surface area contributed by atoms with Crippen molar-refractivity contribution in [2.24, 2.45) is 0 Å². The Hall–Kier alpha value is -2.67. The summed E-state index contributed by atoms with van der Waals surface area (Å²) in [5.41, 5.74) is 1.72. The van der Waals surface area contributed by atoms with Gasteiger partial charge >= 0.3 is 5.97 Å². The number of fused-ring (bicyclic) bond motifs is 1. The van der Waals surface area contributed by atoms with Crippen LogP contribution < -0.4 is 10.3 Å². The molecule has 0 bridgehead atoms. The molecule has 0 radical (unpaired) electrons. The number of nitrogens with zero attached hydrogens (tertiary/aromatic N) is 2. The van der Waals surface area contributed by atoms with E-state index >= 15 is 0 Å². The number of carboxylic acid groups (broad SMARTS) is 1. The van der Waals surface area contributed by atoms with Crippen molar-refractivity contribution in [3.8, 4) is 16.9 Å². The lowest BCUT2D eigenvalue weighted by Crippen LogP contribution is -2.24. The van der Waals surface area contributed by atoms with Gasteiger partial charge in [0.1, 0.15) is 16.4 Å². The molecule has 6 nitrogen and oxygen atoms in total. The minimum atomic E-state index is -0.865. The SMILES string of the molecule is CCc1sc2nc(C)n(CCCC(=O)O)c(=O)c2c1-c1cccc(OC)c1. The summed E-state index contributed by atoms with van der Waals surface area (Å²) >= 11 is 1.54. The largest absolute Gasteiger partial charge is 0.497 e. The maximum atomic E-state index is 13.3. The molecule has 0 aliphatic carbocycles. The molecule has 7 heteroatoms. The highest BCUT2D eigenvalue weighted by Gasteiger charge is 2.20. The lowest BCUT2D eigenvalue weighted by molar-refractivity contribution is -0.137. The van der Waals surface area contributed by atoms with Crippen LogP contribution in [0.15, 0.2) is 29.1 Å². The first-order valence-corrected chi connectivity index (χ1v) is 9.67. The number of hydrogen-bond donors (Lipinski definition) is 1. The standard InChI is InChI=1S/C20H22N2O4S/c1-4-15-17(13-7-5-8-14(11-13)26-3)18-19(27-15)21-12(2)22(20(18)25)10-6-9-16(23)24/h5,7-8,11H,4,6,9-10H2,1-3H3,(H,23,24). The summed E-state index contributed by atoms with van der Waals surface area (Å²) in [5, 5.41) is 9.47. The number of carboxylic acids is 1. The van der Waals surface area contributed by atoms with E-state index < -0.39 is 5.97 Å². The summed E-state index contributed by atoms with van der Waals surface area (Å²) in [4.78, 5) is 30.5. The number of aromatic nitrogens is 2. The zero-order valence-corrected chi connectivity index (χ0v) is 16.4. The monoisotopic (exact) mass is 386 g/mol. The fourth-order valence-electron chi connectivity index (χ4n) is 3.22. The smallest absolute Gasteiger partial charge is 0.303 e. The van der Waals surface area contributed by atoms with E-state index in [1.165, 1.54) is 11.3 Å². The molecular formula is C20H22N2O4S. The fraction of sp³-hybridized carbons (Fsp3) is 0.350. The van der Waals surface area contributed by atoms with E-state index in [0.29, 0.717) is 24.2 Å². The minimum absolute atomic E-state index is 0.0243. The molecule has 1 N–H and O–H groups in total. The van der Waals surface area contributed by atoms with Crippen LogP contribution >= 0.6 is 11.3 Å². The molecule has 0 unspecified atom stereocenters. The van der Waals surface area contributed by atoms with Crippen molar-refractivity contribution in [2.45, 2.75) is 39.7 Å². The molecule has 0 aliphatic heterocycles. The second-order valence-electron chi connectivity index (χ2n) is 6.28. The number of ether oxygens (including phenoxy) is 1. The summed E-state index contributed by atoms with van der Waals surface area (Å²) in [6.45, 7) is 4.19. The quantitative estimate of drug-likeness (QED) is 0.667. The van der Waals surface area contributed by atoms with Gasteiger partial charge in [-0.2, -0.15) is 0 Å². The van der Waals surface area contributed by atoms with E-state index in [4.69, 9.17) is 9.84 Å². The van der Waals surface area contributed by atoms with Crippen LogP contribution in [0.2, 0.25) is 0 Å². The first-order chi connectivity index (χ1) is 13.0. The molecule has 0 aliphatic rings. The Balaban J connectivity index is 2.20. The van der Waals surface area contributed by atoms with Crippen LogP contribution in [0.4, 0.5) is 0 Å². The number of aryl methyl sites for hydroxylation is 2. The summed E-state index contributed by atoms with van der Waals surface area (Å²) in [5.74, 6) is 0.477. The normalized spacial score (nSPS) is 11.1. The van der Waals surface area contributed by atoms with Crippen molar-refractivity contribution < 1.29 is 14.6 Å². The molecule has 3 aromatic rings. The van der Waals surface area contributed by atoms with Crippen LogP contribution in [0.5, 0.6) is 5.75 Å². The molecule has 0 spiro atoms. The number of carbonyl (C=O) groups is 1. The zero-order valence-electron chi connectivity index (χ0n) is 15.6. The Bertz CT molecular complexity index is 1050. The number of hydrogen-bond acceptors (Lipinski definition) is 5. The molecular weight excluding hydrogens is 364 g/mol. The number of aliphatic carboxylic acids is 1. The third-order valence-electron chi connectivity index (χ3n) is 4.53. The van der Waals surface area contributed by atoms with Crippen molar-refractivity contribution in [3.05, 3.63) is 45.3 Å². The van der Waals surface area contributed by atoms with Gasteiger partial charge in [0, 0.05) is 23.4 Å². The van der Waals surface area contributed by atoms with Gasteiger partial charge in [0.05, 0.1) is 12.5 Å². The Labute approximate surface area is 161 Å². The van der Waals surface area contributed by atoms with Gasteiger partial charge in [0.25, 0.3) is 5.56 Å². The number of methoxy groups -OCH3 is 1. The predicted octanol–water partition coefficient (Wildman–Crippen LogP) is 3.87. The average molecular weight is 386 g/mol. The highest BCUT2D eigenvalue weighted by Crippen LogP contribution is 2.37. The van der Waals surface area contributed by atoms with Crippen molar-refractivity contribution in [2.75, 3.05) is 7.11 Å². The van der Waals surface area contributed by atoms with E-state index in [9.17, 15) is 9.59 Å². The van der Waals surface area contributed by atoms with Crippen LogP contribution in [0.3, 0.4) is 0 Å². The fourth-order valence-corrected chi connectivity index (χ4v) is 4.38. The van der Waals surface area contributed by atoms with Crippen molar-refractivity contribution in [3.63, 3.8) is 0 Å². The number of benzene rings is 1. The Morgan fingerprint density at radius 1 is 1.37 bits per heavy atom. The average Bonchev–Trinajstić information content (AvgIpc) is 3.02. The summed E-state index contributed by atoms with van der Waals surface area (Å²) in [7, 11) is 1.62. The van der Waals surface area contributed by atoms with E-state index in [-0.39, 0.29) is 12.0 Å². The zero-order chi connectivity index (χ0) is 19.6. The first kappa shape index (κ1) is 19.1. The molecule has 0 fully saturated rings. The third-order valence-corrected chi connectivity index (χ3v) is 5.76. The molecule has 0 saturated carbocycles. The summed E-state index contributed by atoms with van der Waals surface area (Å²) in [6.07, 6.45) is 1.21. The lowest BCUT2D eigenvalue weighted by Gasteiger charge is -2.10. The van der Waals surface area contributed by atoms with E-state index in [1.807, 2.05) is 24.3 Å². The van der Waals surface area contributed by atoms with Crippen molar-refractivity contribution in [1.82, 2.24) is 9.55 Å². The van der Waals surface area contributed by atoms with Crippen LogP contribution in [0.1, 0.15) is 30.5 Å². The van der Waals surface area contributed by atoms with Crippen LogP contribution in [-0.4, -0.2) is 27.7 Å². The Kier molecular flexibility index (Phi) is 5.60. The third kappa shape index (κ3) is 3.73. The van der Waals surface area contributed by atoms with Crippen LogP contribution in [0.25, 0.3) is 21.3 Å². The molecule has 0 atom stereocenters. The molecule has 142 valence electrons. The van der Waals surface area contributed by atoms with Gasteiger partial charge in [0.2, 0.25) is 0 Å². The highest BCUT2D eigenvalue weighted by molar-refractivity contribution is 7.19.